The summed E-state index contributed by atoms with van der Waals surface area (Å²) >= 11 is 0. The molecule has 2 atom stereocenters. The minimum Gasteiger partial charge on any atom is -0.335 e. The molecule has 126 valence electrons. The topological polar surface area (TPSA) is 46.1 Å². The van der Waals surface area contributed by atoms with E-state index in [0.29, 0.717) is 0 Å². The monoisotopic (exact) mass is 323 g/mol. The van der Waals surface area contributed by atoms with Crippen molar-refractivity contribution in [2.75, 3.05) is 6.54 Å². The van der Waals surface area contributed by atoms with Crippen LogP contribution in [0.3, 0.4) is 0 Å². The molecule has 24 heavy (non-hydrogen) atoms. The third kappa shape index (κ3) is 3.18. The van der Waals surface area contributed by atoms with E-state index < -0.39 is 0 Å². The van der Waals surface area contributed by atoms with Gasteiger partial charge in [-0.3, -0.25) is 4.79 Å². The zero-order valence-electron chi connectivity index (χ0n) is 14.7. The van der Waals surface area contributed by atoms with E-state index in [0.717, 1.165) is 24.9 Å². The molecule has 3 rings (SSSR count). The molecule has 0 spiro atoms. The fourth-order valence-electron chi connectivity index (χ4n) is 3.58. The van der Waals surface area contributed by atoms with Gasteiger partial charge in [-0.25, -0.2) is 9.97 Å². The Morgan fingerprint density at radius 2 is 1.96 bits per heavy atom. The van der Waals surface area contributed by atoms with Crippen molar-refractivity contribution in [1.29, 1.82) is 0 Å². The predicted octanol–water partition coefficient (Wildman–Crippen LogP) is 3.95. The van der Waals surface area contributed by atoms with Gasteiger partial charge in [0.05, 0.1) is 12.0 Å². The molecule has 4 nitrogen and oxygen atoms in total. The molecule has 1 aliphatic rings. The maximum atomic E-state index is 13.1. The molecule has 0 N–H and O–H groups in total. The number of aryl methyl sites for hydroxylation is 1. The number of carbonyl (C=O) groups is 1. The van der Waals surface area contributed by atoms with Gasteiger partial charge in [-0.2, -0.15) is 0 Å². The third-order valence-corrected chi connectivity index (χ3v) is 5.24. The number of rotatable bonds is 3. The second-order valence-corrected chi connectivity index (χ2v) is 6.73. The smallest absolute Gasteiger partial charge is 0.230 e. The first-order valence-corrected chi connectivity index (χ1v) is 8.71. The summed E-state index contributed by atoms with van der Waals surface area (Å²) in [5.41, 5.74) is 4.76. The highest BCUT2D eigenvalue weighted by molar-refractivity contribution is 5.83. The number of amides is 1. The van der Waals surface area contributed by atoms with Crippen LogP contribution in [-0.2, 0) is 4.79 Å². The van der Waals surface area contributed by atoms with Crippen LogP contribution in [0.2, 0.25) is 0 Å². The Labute approximate surface area is 143 Å². The van der Waals surface area contributed by atoms with E-state index >= 15 is 0 Å². The highest BCUT2D eigenvalue weighted by Gasteiger charge is 2.32. The highest BCUT2D eigenvalue weighted by atomic mass is 16.2. The summed E-state index contributed by atoms with van der Waals surface area (Å²) in [5.74, 6) is -0.0349. The Bertz CT molecular complexity index is 714. The molecule has 0 aliphatic carbocycles. The molecule has 2 heterocycles. The Hall–Kier alpha value is -2.23. The van der Waals surface area contributed by atoms with Gasteiger partial charge in [0.15, 0.2) is 0 Å². The van der Waals surface area contributed by atoms with Crippen molar-refractivity contribution in [2.24, 2.45) is 0 Å². The van der Waals surface area contributed by atoms with E-state index in [2.05, 4.69) is 46.9 Å². The molecule has 1 aromatic heterocycles. The minimum atomic E-state index is -0.211. The van der Waals surface area contributed by atoms with Crippen LogP contribution < -0.4 is 0 Å². The van der Waals surface area contributed by atoms with E-state index in [9.17, 15) is 4.79 Å². The van der Waals surface area contributed by atoms with Gasteiger partial charge in [0.1, 0.15) is 6.33 Å². The Balaban J connectivity index is 1.89. The second-order valence-electron chi connectivity index (χ2n) is 6.73. The molecule has 1 fully saturated rings. The number of likely N-dealkylation sites (tertiary alicyclic amines) is 1. The van der Waals surface area contributed by atoms with Crippen molar-refractivity contribution < 1.29 is 4.79 Å². The number of hydrogen-bond acceptors (Lipinski definition) is 3. The lowest BCUT2D eigenvalue weighted by Crippen LogP contribution is -2.41. The van der Waals surface area contributed by atoms with Crippen molar-refractivity contribution in [1.82, 2.24) is 14.9 Å². The van der Waals surface area contributed by atoms with Crippen LogP contribution in [0, 0.1) is 13.8 Å². The van der Waals surface area contributed by atoms with E-state index in [4.69, 9.17) is 0 Å². The molecule has 1 aliphatic heterocycles. The summed E-state index contributed by atoms with van der Waals surface area (Å²) in [7, 11) is 0. The number of hydrogen-bond donors (Lipinski definition) is 0. The summed E-state index contributed by atoms with van der Waals surface area (Å²) in [6, 6.07) is 6.59. The van der Waals surface area contributed by atoms with Gasteiger partial charge < -0.3 is 4.90 Å². The zero-order valence-corrected chi connectivity index (χ0v) is 14.7. The van der Waals surface area contributed by atoms with Gasteiger partial charge in [-0.15, -0.1) is 0 Å². The van der Waals surface area contributed by atoms with Crippen molar-refractivity contribution in [3.63, 3.8) is 0 Å². The maximum Gasteiger partial charge on any atom is 0.230 e. The van der Waals surface area contributed by atoms with Crippen molar-refractivity contribution in [2.45, 2.75) is 52.0 Å². The number of piperidine rings is 1. The normalized spacial score (nSPS) is 19.1. The van der Waals surface area contributed by atoms with Crippen LogP contribution in [0.1, 0.15) is 60.4 Å². The summed E-state index contributed by atoms with van der Waals surface area (Å²) in [6.07, 6.45) is 8.27. The largest absolute Gasteiger partial charge is 0.335 e. The predicted molar refractivity (Wildman–Crippen MR) is 94.7 cm³/mol. The number of benzene rings is 1. The molecule has 2 aromatic rings. The zero-order chi connectivity index (χ0) is 17.1. The standard InChI is InChI=1S/C20H25N3O/c1-14-7-6-8-18(15(14)2)19-9-4-5-10-23(19)20(24)16(3)17-11-21-13-22-12-17/h6-8,11-13,16,19H,4-5,9-10H2,1-3H3/t16-,19+/m1/s1. The SMILES string of the molecule is Cc1cccc([C@@H]2CCCCN2C(=O)[C@H](C)c2cncnc2)c1C. The fourth-order valence-corrected chi connectivity index (χ4v) is 3.58. The molecule has 1 aromatic carbocycles. The third-order valence-electron chi connectivity index (χ3n) is 5.24. The second kappa shape index (κ2) is 7.12. The molecule has 1 saturated heterocycles. The summed E-state index contributed by atoms with van der Waals surface area (Å²) in [4.78, 5) is 23.3. The summed E-state index contributed by atoms with van der Waals surface area (Å²) < 4.78 is 0. The quantitative estimate of drug-likeness (QED) is 0.859. The lowest BCUT2D eigenvalue weighted by atomic mass is 9.89. The molecular weight excluding hydrogens is 298 g/mol. The van der Waals surface area contributed by atoms with Crippen LogP contribution in [0.15, 0.2) is 36.9 Å². The first kappa shape index (κ1) is 16.6. The lowest BCUT2D eigenvalue weighted by Gasteiger charge is -2.38. The molecular formula is C20H25N3O. The van der Waals surface area contributed by atoms with Gasteiger partial charge in [0.2, 0.25) is 5.91 Å². The van der Waals surface area contributed by atoms with E-state index in [1.165, 1.54) is 29.4 Å². The van der Waals surface area contributed by atoms with Crippen LogP contribution in [0.25, 0.3) is 0 Å². The van der Waals surface area contributed by atoms with Crippen LogP contribution >= 0.6 is 0 Å². The molecule has 0 bridgehead atoms. The van der Waals surface area contributed by atoms with Gasteiger partial charge in [-0.1, -0.05) is 18.2 Å². The molecule has 0 radical (unpaired) electrons. The van der Waals surface area contributed by atoms with Gasteiger partial charge in [0.25, 0.3) is 0 Å². The fraction of sp³-hybridized carbons (Fsp3) is 0.450. The average Bonchev–Trinajstić information content (AvgIpc) is 2.63. The number of nitrogens with zero attached hydrogens (tertiary/aromatic N) is 3. The van der Waals surface area contributed by atoms with Crippen molar-refractivity contribution >= 4 is 5.91 Å². The van der Waals surface area contributed by atoms with Gasteiger partial charge in [-0.05, 0) is 56.7 Å². The Morgan fingerprint density at radius 1 is 1.21 bits per heavy atom. The van der Waals surface area contributed by atoms with Gasteiger partial charge >= 0.3 is 0 Å². The Morgan fingerprint density at radius 3 is 2.71 bits per heavy atom. The molecule has 0 saturated carbocycles. The number of aromatic nitrogens is 2. The van der Waals surface area contributed by atoms with E-state index in [1.54, 1.807) is 12.4 Å². The maximum absolute atomic E-state index is 13.1. The van der Waals surface area contributed by atoms with Crippen LogP contribution in [0.5, 0.6) is 0 Å². The average molecular weight is 323 g/mol. The Kier molecular flexibility index (Phi) is 4.93. The molecule has 1 amide bonds. The molecule has 4 heteroatoms. The van der Waals surface area contributed by atoms with Crippen molar-refractivity contribution in [3.05, 3.63) is 59.2 Å². The first-order chi connectivity index (χ1) is 11.6. The summed E-state index contributed by atoms with van der Waals surface area (Å²) in [6.45, 7) is 7.08. The van der Waals surface area contributed by atoms with Gasteiger partial charge in [0, 0.05) is 24.5 Å². The summed E-state index contributed by atoms with van der Waals surface area (Å²) in [5, 5.41) is 0. The van der Waals surface area contributed by atoms with Crippen LogP contribution in [0.4, 0.5) is 0 Å². The number of carbonyl (C=O) groups excluding carboxylic acids is 1. The molecule has 0 unspecified atom stereocenters. The van der Waals surface area contributed by atoms with E-state index in [1.807, 2.05) is 6.92 Å². The van der Waals surface area contributed by atoms with Crippen molar-refractivity contribution in [3.8, 4) is 0 Å². The highest BCUT2D eigenvalue weighted by Crippen LogP contribution is 2.35. The van der Waals surface area contributed by atoms with E-state index in [-0.39, 0.29) is 17.9 Å². The first-order valence-electron chi connectivity index (χ1n) is 8.71. The lowest BCUT2D eigenvalue weighted by molar-refractivity contribution is -0.136. The minimum absolute atomic E-state index is 0.176. The van der Waals surface area contributed by atoms with Crippen LogP contribution in [-0.4, -0.2) is 27.3 Å².